The lowest BCUT2D eigenvalue weighted by Crippen LogP contribution is -2.31. The third-order valence-corrected chi connectivity index (χ3v) is 4.22. The molecule has 2 heterocycles. The zero-order chi connectivity index (χ0) is 16.2. The third kappa shape index (κ3) is 3.57. The molecule has 1 aromatic rings. The van der Waals surface area contributed by atoms with Crippen molar-refractivity contribution in [3.63, 3.8) is 0 Å². The molecule has 124 valence electrons. The molecule has 1 atom stereocenters. The van der Waals surface area contributed by atoms with Crippen molar-refractivity contribution in [2.45, 2.75) is 32.6 Å². The fraction of sp³-hybridized carbons (Fsp3) is 0.529. The van der Waals surface area contributed by atoms with Crippen LogP contribution in [0.4, 0.5) is 5.69 Å². The van der Waals surface area contributed by atoms with Crippen molar-refractivity contribution in [2.24, 2.45) is 5.92 Å². The number of amides is 2. The number of hydrogen-bond donors (Lipinski definition) is 1. The maximum Gasteiger partial charge on any atom is 0.231 e. The number of rotatable bonds is 6. The zero-order valence-electron chi connectivity index (χ0n) is 13.3. The summed E-state index contributed by atoms with van der Waals surface area (Å²) in [4.78, 5) is 25.7. The molecule has 1 saturated heterocycles. The van der Waals surface area contributed by atoms with Crippen LogP contribution in [0.15, 0.2) is 18.2 Å². The summed E-state index contributed by atoms with van der Waals surface area (Å²) in [5, 5.41) is 2.93. The second-order valence-corrected chi connectivity index (χ2v) is 6.02. The molecule has 6 nitrogen and oxygen atoms in total. The lowest BCUT2D eigenvalue weighted by molar-refractivity contribution is -0.121. The minimum absolute atomic E-state index is 0.0702. The maximum atomic E-state index is 12.2. The number of fused-ring (bicyclic) bond motifs is 1. The molecule has 2 amide bonds. The van der Waals surface area contributed by atoms with Gasteiger partial charge in [0, 0.05) is 43.6 Å². The Morgan fingerprint density at radius 1 is 1.35 bits per heavy atom. The van der Waals surface area contributed by atoms with E-state index in [4.69, 9.17) is 9.47 Å². The van der Waals surface area contributed by atoms with Gasteiger partial charge in [0.1, 0.15) is 0 Å². The maximum absolute atomic E-state index is 12.2. The van der Waals surface area contributed by atoms with Gasteiger partial charge in [0.05, 0.1) is 0 Å². The van der Waals surface area contributed by atoms with Crippen molar-refractivity contribution in [1.82, 2.24) is 5.32 Å². The minimum Gasteiger partial charge on any atom is -0.454 e. The van der Waals surface area contributed by atoms with E-state index in [1.54, 1.807) is 4.90 Å². The fourth-order valence-corrected chi connectivity index (χ4v) is 2.90. The number of nitrogens with zero attached hydrogens (tertiary/aromatic N) is 1. The number of unbranched alkanes of at least 4 members (excludes halogenated alkanes) is 1. The van der Waals surface area contributed by atoms with Crippen LogP contribution in [-0.2, 0) is 9.59 Å². The van der Waals surface area contributed by atoms with E-state index in [-0.39, 0.29) is 24.5 Å². The molecule has 23 heavy (non-hydrogen) atoms. The molecule has 0 radical (unpaired) electrons. The van der Waals surface area contributed by atoms with E-state index in [9.17, 15) is 9.59 Å². The summed E-state index contributed by atoms with van der Waals surface area (Å²) in [6.07, 6.45) is 2.93. The van der Waals surface area contributed by atoms with Crippen LogP contribution in [0, 0.1) is 5.92 Å². The second-order valence-electron chi connectivity index (χ2n) is 6.02. The van der Waals surface area contributed by atoms with Crippen LogP contribution in [0.1, 0.15) is 32.6 Å². The van der Waals surface area contributed by atoms with E-state index in [2.05, 4.69) is 12.2 Å². The van der Waals surface area contributed by atoms with Crippen LogP contribution in [0.25, 0.3) is 0 Å². The van der Waals surface area contributed by atoms with Crippen LogP contribution in [-0.4, -0.2) is 31.7 Å². The summed E-state index contributed by atoms with van der Waals surface area (Å²) < 4.78 is 10.6. The first-order chi connectivity index (χ1) is 11.2. The minimum atomic E-state index is 0.0702. The van der Waals surface area contributed by atoms with Crippen molar-refractivity contribution in [3.8, 4) is 11.5 Å². The Morgan fingerprint density at radius 3 is 3.00 bits per heavy atom. The van der Waals surface area contributed by atoms with Gasteiger partial charge in [0.2, 0.25) is 18.6 Å². The summed E-state index contributed by atoms with van der Waals surface area (Å²) in [6, 6.07) is 5.53. The first-order valence-electron chi connectivity index (χ1n) is 8.14. The van der Waals surface area contributed by atoms with Gasteiger partial charge >= 0.3 is 0 Å². The Labute approximate surface area is 135 Å². The summed E-state index contributed by atoms with van der Waals surface area (Å²) in [6.45, 7) is 3.45. The number of ether oxygens (including phenoxy) is 2. The van der Waals surface area contributed by atoms with Gasteiger partial charge in [-0.3, -0.25) is 9.59 Å². The number of carbonyl (C=O) groups excluding carboxylic acids is 2. The Morgan fingerprint density at radius 2 is 2.17 bits per heavy atom. The molecule has 2 aliphatic heterocycles. The standard InChI is InChI=1S/C17H22N2O4/c1-2-3-4-16(20)18-9-12-7-17(21)19(10-12)13-5-6-14-15(8-13)23-11-22-14/h5-6,8,12H,2-4,7,9-11H2,1H3,(H,18,20). The van der Waals surface area contributed by atoms with Crippen molar-refractivity contribution in [2.75, 3.05) is 24.8 Å². The summed E-state index contributed by atoms with van der Waals surface area (Å²) in [5.74, 6) is 1.68. The Bertz CT molecular complexity index is 602. The molecular formula is C17H22N2O4. The molecular weight excluding hydrogens is 296 g/mol. The Balaban J connectivity index is 1.56. The van der Waals surface area contributed by atoms with Gasteiger partial charge in [-0.2, -0.15) is 0 Å². The highest BCUT2D eigenvalue weighted by molar-refractivity contribution is 5.96. The van der Waals surface area contributed by atoms with Gasteiger partial charge in [-0.05, 0) is 18.6 Å². The Kier molecular flexibility index (Phi) is 4.69. The van der Waals surface area contributed by atoms with Crippen LogP contribution in [0.5, 0.6) is 11.5 Å². The van der Waals surface area contributed by atoms with Crippen molar-refractivity contribution in [1.29, 1.82) is 0 Å². The largest absolute Gasteiger partial charge is 0.454 e. The average Bonchev–Trinajstić information content (AvgIpc) is 3.16. The summed E-state index contributed by atoms with van der Waals surface area (Å²) in [7, 11) is 0. The smallest absolute Gasteiger partial charge is 0.231 e. The number of hydrogen-bond acceptors (Lipinski definition) is 4. The summed E-state index contributed by atoms with van der Waals surface area (Å²) >= 11 is 0. The molecule has 0 saturated carbocycles. The number of anilines is 1. The van der Waals surface area contributed by atoms with E-state index in [1.165, 1.54) is 0 Å². The van der Waals surface area contributed by atoms with Gasteiger partial charge in [-0.15, -0.1) is 0 Å². The van der Waals surface area contributed by atoms with Crippen LogP contribution in [0.3, 0.4) is 0 Å². The van der Waals surface area contributed by atoms with Gasteiger partial charge < -0.3 is 19.7 Å². The quantitative estimate of drug-likeness (QED) is 0.872. The van der Waals surface area contributed by atoms with E-state index < -0.39 is 0 Å². The SMILES string of the molecule is CCCCC(=O)NCC1CC(=O)N(c2ccc3c(c2)OCO3)C1. The van der Waals surface area contributed by atoms with E-state index in [1.807, 2.05) is 18.2 Å². The Hall–Kier alpha value is -2.24. The second kappa shape index (κ2) is 6.89. The van der Waals surface area contributed by atoms with Crippen molar-refractivity contribution in [3.05, 3.63) is 18.2 Å². The molecule has 2 aliphatic rings. The number of nitrogens with one attached hydrogen (secondary N) is 1. The van der Waals surface area contributed by atoms with Crippen LogP contribution >= 0.6 is 0 Å². The molecule has 1 N–H and O–H groups in total. The number of carbonyl (C=O) groups is 2. The van der Waals surface area contributed by atoms with Gasteiger partial charge in [-0.25, -0.2) is 0 Å². The van der Waals surface area contributed by atoms with E-state index in [0.29, 0.717) is 37.4 Å². The van der Waals surface area contributed by atoms with Gasteiger partial charge in [-0.1, -0.05) is 13.3 Å². The highest BCUT2D eigenvalue weighted by Gasteiger charge is 2.31. The highest BCUT2D eigenvalue weighted by atomic mass is 16.7. The van der Waals surface area contributed by atoms with Crippen LogP contribution < -0.4 is 19.7 Å². The molecule has 0 bridgehead atoms. The monoisotopic (exact) mass is 318 g/mol. The predicted octanol–water partition coefficient (Wildman–Crippen LogP) is 2.07. The topological polar surface area (TPSA) is 67.9 Å². The van der Waals surface area contributed by atoms with E-state index in [0.717, 1.165) is 18.5 Å². The number of benzene rings is 1. The predicted molar refractivity (Wildman–Crippen MR) is 85.6 cm³/mol. The first-order valence-corrected chi connectivity index (χ1v) is 8.14. The normalized spacial score (nSPS) is 19.3. The molecule has 0 aliphatic carbocycles. The van der Waals surface area contributed by atoms with Gasteiger partial charge in [0.15, 0.2) is 11.5 Å². The average molecular weight is 318 g/mol. The molecule has 0 spiro atoms. The van der Waals surface area contributed by atoms with Crippen molar-refractivity contribution >= 4 is 17.5 Å². The first kappa shape index (κ1) is 15.6. The molecule has 1 fully saturated rings. The van der Waals surface area contributed by atoms with Crippen LogP contribution in [0.2, 0.25) is 0 Å². The lowest BCUT2D eigenvalue weighted by Gasteiger charge is -2.17. The summed E-state index contributed by atoms with van der Waals surface area (Å²) in [5.41, 5.74) is 0.819. The van der Waals surface area contributed by atoms with E-state index >= 15 is 0 Å². The molecule has 1 aromatic carbocycles. The van der Waals surface area contributed by atoms with Crippen molar-refractivity contribution < 1.29 is 19.1 Å². The highest BCUT2D eigenvalue weighted by Crippen LogP contribution is 2.37. The molecule has 6 heteroatoms. The lowest BCUT2D eigenvalue weighted by atomic mass is 10.1. The van der Waals surface area contributed by atoms with Gasteiger partial charge in [0.25, 0.3) is 0 Å². The zero-order valence-corrected chi connectivity index (χ0v) is 13.3. The third-order valence-electron chi connectivity index (χ3n) is 4.22. The molecule has 3 rings (SSSR count). The molecule has 1 unspecified atom stereocenters. The fourth-order valence-electron chi connectivity index (χ4n) is 2.90. The molecule has 0 aromatic heterocycles.